The molecule has 4 aliphatic rings. The Hall–Kier alpha value is -3.50. The predicted molar refractivity (Wildman–Crippen MR) is 118 cm³/mol. The molecule has 32 heavy (non-hydrogen) atoms. The maximum absolute atomic E-state index is 10.6. The van der Waals surface area contributed by atoms with E-state index in [2.05, 4.69) is 40.0 Å². The van der Waals surface area contributed by atoms with E-state index in [1.165, 1.54) is 18.4 Å². The molecule has 2 unspecified atom stereocenters. The van der Waals surface area contributed by atoms with Gasteiger partial charge in [0.05, 0.1) is 5.70 Å². The number of aliphatic hydroxyl groups excluding tert-OH is 1. The molecule has 3 aliphatic heterocycles. The van der Waals surface area contributed by atoms with Gasteiger partial charge in [-0.3, -0.25) is 0 Å². The van der Waals surface area contributed by atoms with E-state index in [9.17, 15) is 5.11 Å². The van der Waals surface area contributed by atoms with Crippen LogP contribution in [0.25, 0.3) is 5.70 Å². The number of fused-ring (bicyclic) bond motifs is 4. The van der Waals surface area contributed by atoms with Crippen molar-refractivity contribution in [3.8, 4) is 23.5 Å². The number of nitrogens with zero attached hydrogens (tertiary/aromatic N) is 3. The van der Waals surface area contributed by atoms with Crippen LogP contribution in [0.3, 0.4) is 0 Å². The maximum Gasteiger partial charge on any atom is 0.257 e. The van der Waals surface area contributed by atoms with E-state index in [0.29, 0.717) is 36.6 Å². The Morgan fingerprint density at radius 3 is 3.09 bits per heavy atom. The molecule has 6 rings (SSSR count). The normalized spacial score (nSPS) is 23.1. The van der Waals surface area contributed by atoms with Crippen LogP contribution in [0.2, 0.25) is 0 Å². The van der Waals surface area contributed by atoms with Gasteiger partial charge in [0.1, 0.15) is 13.2 Å². The first-order valence-corrected chi connectivity index (χ1v) is 11.0. The van der Waals surface area contributed by atoms with Crippen molar-refractivity contribution in [3.63, 3.8) is 0 Å². The van der Waals surface area contributed by atoms with Crippen molar-refractivity contribution >= 4 is 11.6 Å². The Balaban J connectivity index is 1.18. The van der Waals surface area contributed by atoms with Gasteiger partial charge in [0, 0.05) is 35.9 Å². The number of benzene rings is 1. The Labute approximate surface area is 186 Å². The fourth-order valence-corrected chi connectivity index (χ4v) is 4.09. The van der Waals surface area contributed by atoms with Crippen molar-refractivity contribution in [2.75, 3.05) is 19.8 Å². The summed E-state index contributed by atoms with van der Waals surface area (Å²) >= 11 is 0. The monoisotopic (exact) mass is 429 g/mol. The molecule has 2 atom stereocenters. The van der Waals surface area contributed by atoms with E-state index in [0.717, 1.165) is 23.2 Å². The van der Waals surface area contributed by atoms with Crippen LogP contribution in [0.1, 0.15) is 29.5 Å². The third-order valence-corrected chi connectivity index (χ3v) is 5.95. The summed E-state index contributed by atoms with van der Waals surface area (Å²) in [5, 5.41) is 10.6. The zero-order valence-corrected chi connectivity index (χ0v) is 17.5. The molecule has 7 nitrogen and oxygen atoms in total. The van der Waals surface area contributed by atoms with Gasteiger partial charge in [-0.15, -0.1) is 0 Å². The van der Waals surface area contributed by atoms with Gasteiger partial charge in [-0.25, -0.2) is 4.98 Å². The Morgan fingerprint density at radius 1 is 1.25 bits per heavy atom. The van der Waals surface area contributed by atoms with E-state index in [4.69, 9.17) is 14.2 Å². The van der Waals surface area contributed by atoms with Crippen LogP contribution in [0.15, 0.2) is 47.6 Å². The smallest absolute Gasteiger partial charge is 0.257 e. The number of hydrogen-bond acceptors (Lipinski definition) is 7. The van der Waals surface area contributed by atoms with Crippen LogP contribution in [0.5, 0.6) is 11.6 Å². The van der Waals surface area contributed by atoms with E-state index in [-0.39, 0.29) is 12.7 Å². The van der Waals surface area contributed by atoms with Crippen molar-refractivity contribution in [1.29, 1.82) is 0 Å². The summed E-state index contributed by atoms with van der Waals surface area (Å²) in [7, 11) is 0. The van der Waals surface area contributed by atoms with Crippen molar-refractivity contribution in [2.24, 2.45) is 10.9 Å². The third kappa shape index (κ3) is 3.78. The zero-order valence-electron chi connectivity index (χ0n) is 17.5. The molecule has 1 aromatic heterocycles. The fourth-order valence-electron chi connectivity index (χ4n) is 4.09. The minimum atomic E-state index is -0.971. The number of aliphatic imine (C=N–C) groups is 1. The summed E-state index contributed by atoms with van der Waals surface area (Å²) in [6, 6.07) is 9.92. The van der Waals surface area contributed by atoms with Gasteiger partial charge in [0.15, 0.2) is 11.9 Å². The zero-order chi connectivity index (χ0) is 21.5. The van der Waals surface area contributed by atoms with Crippen LogP contribution in [-0.4, -0.2) is 53.1 Å². The number of aromatic nitrogens is 1. The summed E-state index contributed by atoms with van der Waals surface area (Å²) < 4.78 is 17.4. The van der Waals surface area contributed by atoms with E-state index in [1.54, 1.807) is 12.3 Å². The van der Waals surface area contributed by atoms with Crippen LogP contribution in [0.4, 0.5) is 0 Å². The van der Waals surface area contributed by atoms with Gasteiger partial charge in [-0.1, -0.05) is 17.9 Å². The lowest BCUT2D eigenvalue weighted by Crippen LogP contribution is -2.41. The lowest BCUT2D eigenvalue weighted by molar-refractivity contribution is 0.0348. The molecule has 0 spiro atoms. The van der Waals surface area contributed by atoms with Gasteiger partial charge in [0.2, 0.25) is 12.2 Å². The number of pyridine rings is 1. The lowest BCUT2D eigenvalue weighted by Gasteiger charge is -2.37. The van der Waals surface area contributed by atoms with Crippen LogP contribution < -0.4 is 9.47 Å². The predicted octanol–water partition coefficient (Wildman–Crippen LogP) is 2.59. The highest BCUT2D eigenvalue weighted by Gasteiger charge is 2.30. The first-order valence-electron chi connectivity index (χ1n) is 11.0. The second kappa shape index (κ2) is 7.88. The molecule has 0 amide bonds. The van der Waals surface area contributed by atoms with Gasteiger partial charge in [-0.2, -0.15) is 4.99 Å². The van der Waals surface area contributed by atoms with E-state index in [1.807, 2.05) is 17.0 Å². The van der Waals surface area contributed by atoms with Crippen LogP contribution >= 0.6 is 0 Å². The van der Waals surface area contributed by atoms with Gasteiger partial charge < -0.3 is 24.2 Å². The highest BCUT2D eigenvalue weighted by atomic mass is 16.6. The molecule has 1 fully saturated rings. The molecular formula is C25H23N3O4. The molecule has 0 bridgehead atoms. The first kappa shape index (κ1) is 19.2. The van der Waals surface area contributed by atoms with Crippen LogP contribution in [-0.2, 0) is 11.2 Å². The highest BCUT2D eigenvalue weighted by Crippen LogP contribution is 2.34. The van der Waals surface area contributed by atoms with Crippen molar-refractivity contribution in [1.82, 2.24) is 9.88 Å². The van der Waals surface area contributed by atoms with Crippen molar-refractivity contribution in [3.05, 3.63) is 59.3 Å². The van der Waals surface area contributed by atoms with Gasteiger partial charge in [0.25, 0.3) is 5.88 Å². The second-order valence-electron chi connectivity index (χ2n) is 8.37. The molecule has 1 saturated carbocycles. The van der Waals surface area contributed by atoms with Crippen molar-refractivity contribution < 1.29 is 19.3 Å². The lowest BCUT2D eigenvalue weighted by atomic mass is 9.94. The Bertz CT molecular complexity index is 1180. The average Bonchev–Trinajstić information content (AvgIpc) is 3.65. The number of ether oxygens (including phenoxy) is 3. The molecule has 1 aliphatic carbocycles. The number of hydrogen-bond donors (Lipinski definition) is 1. The molecule has 4 heterocycles. The highest BCUT2D eigenvalue weighted by molar-refractivity contribution is 5.97. The molecule has 1 aromatic carbocycles. The SMILES string of the molecule is OC1N=C(OCC2COc3ncccc3O2)C=C2c3ccc(C#CC4CC4)cc3CCN21. The average molecular weight is 429 g/mol. The summed E-state index contributed by atoms with van der Waals surface area (Å²) in [4.78, 5) is 10.3. The van der Waals surface area contributed by atoms with Gasteiger partial charge in [-0.05, 0) is 49.1 Å². The number of aliphatic hydroxyl groups is 1. The minimum absolute atomic E-state index is 0.256. The molecule has 0 radical (unpaired) electrons. The standard InChI is InChI=1S/C25H23N3O4/c29-25-27-23(30-14-19-15-31-24-22(32-19)2-1-10-26-24)13-21-20-8-7-17(6-5-16-3-4-16)12-18(20)9-11-28(21)25/h1-2,7-8,10,12-13,16,19,25,29H,3-4,9,11,14-15H2. The maximum atomic E-state index is 10.6. The summed E-state index contributed by atoms with van der Waals surface area (Å²) in [6.07, 6.45) is 5.59. The second-order valence-corrected chi connectivity index (χ2v) is 8.37. The first-order chi connectivity index (χ1) is 15.7. The van der Waals surface area contributed by atoms with Crippen molar-refractivity contribution in [2.45, 2.75) is 31.7 Å². The topological polar surface area (TPSA) is 76.4 Å². The molecule has 1 N–H and O–H groups in total. The summed E-state index contributed by atoms with van der Waals surface area (Å²) in [5.41, 5.74) is 4.29. The summed E-state index contributed by atoms with van der Waals surface area (Å²) in [6.45, 7) is 1.29. The Morgan fingerprint density at radius 2 is 2.19 bits per heavy atom. The van der Waals surface area contributed by atoms with Crippen LogP contribution in [0, 0.1) is 17.8 Å². The fraction of sp³-hybridized carbons (Fsp3) is 0.360. The minimum Gasteiger partial charge on any atom is -0.478 e. The summed E-state index contributed by atoms with van der Waals surface area (Å²) in [5.74, 6) is 8.68. The Kier molecular flexibility index (Phi) is 4.73. The molecule has 2 aromatic rings. The molecule has 0 saturated heterocycles. The van der Waals surface area contributed by atoms with Gasteiger partial charge >= 0.3 is 0 Å². The number of rotatable bonds is 2. The molecule has 7 heteroatoms. The quantitative estimate of drug-likeness (QED) is 0.740. The largest absolute Gasteiger partial charge is 0.478 e. The van der Waals surface area contributed by atoms with E-state index >= 15 is 0 Å². The molecule has 162 valence electrons. The molecular weight excluding hydrogens is 406 g/mol. The van der Waals surface area contributed by atoms with E-state index < -0.39 is 6.35 Å². The third-order valence-electron chi connectivity index (χ3n) is 5.95.